The van der Waals surface area contributed by atoms with Crippen molar-refractivity contribution >= 4 is 34.0 Å². The average molecular weight is 399 g/mol. The molecule has 1 amide bonds. The molecule has 0 aliphatic heterocycles. The van der Waals surface area contributed by atoms with Crippen molar-refractivity contribution in [2.24, 2.45) is 5.73 Å². The predicted molar refractivity (Wildman–Crippen MR) is 122 cm³/mol. The standard InChI is InChI=1S/C24H25N5O/c1-16-6-5-9-18(14-16)26-23-21-15-19(10-11-22(21)28-29-23)27-24(30)20(12-13-25)17-7-3-2-4-8-17/h2-11,14-15,20H,12-13,25H2,1H3,(H,27,30)(H2,26,28,29). The average Bonchev–Trinajstić information content (AvgIpc) is 3.14. The number of H-pyrrole nitrogens is 1. The largest absolute Gasteiger partial charge is 0.338 e. The normalized spacial score (nSPS) is 11.9. The monoisotopic (exact) mass is 399 g/mol. The Labute approximate surface area is 175 Å². The van der Waals surface area contributed by atoms with Crippen molar-refractivity contribution in [1.29, 1.82) is 0 Å². The molecule has 0 spiro atoms. The zero-order valence-corrected chi connectivity index (χ0v) is 16.9. The minimum Gasteiger partial charge on any atom is -0.338 e. The first-order chi connectivity index (χ1) is 14.6. The number of fused-ring (bicyclic) bond motifs is 1. The van der Waals surface area contributed by atoms with E-state index in [2.05, 4.69) is 26.9 Å². The molecular formula is C24H25N5O. The fraction of sp³-hybridized carbons (Fsp3) is 0.167. The Morgan fingerprint density at radius 1 is 1.03 bits per heavy atom. The molecule has 6 nitrogen and oxygen atoms in total. The van der Waals surface area contributed by atoms with Gasteiger partial charge in [0.2, 0.25) is 5.91 Å². The molecule has 4 aromatic rings. The van der Waals surface area contributed by atoms with E-state index in [0.29, 0.717) is 18.8 Å². The topological polar surface area (TPSA) is 95.8 Å². The maximum atomic E-state index is 13.0. The number of aromatic amines is 1. The predicted octanol–water partition coefficient (Wildman–Crippen LogP) is 4.69. The number of anilines is 3. The molecule has 4 rings (SSSR count). The van der Waals surface area contributed by atoms with Crippen molar-refractivity contribution in [3.63, 3.8) is 0 Å². The summed E-state index contributed by atoms with van der Waals surface area (Å²) in [6.45, 7) is 2.49. The van der Waals surface area contributed by atoms with Gasteiger partial charge in [-0.05, 0) is 61.3 Å². The maximum absolute atomic E-state index is 13.0. The smallest absolute Gasteiger partial charge is 0.231 e. The Morgan fingerprint density at radius 2 is 1.87 bits per heavy atom. The number of benzene rings is 3. The van der Waals surface area contributed by atoms with Crippen molar-refractivity contribution in [3.8, 4) is 0 Å². The number of hydrogen-bond donors (Lipinski definition) is 4. The van der Waals surface area contributed by atoms with Gasteiger partial charge in [0.25, 0.3) is 0 Å². The molecule has 1 heterocycles. The number of hydrogen-bond acceptors (Lipinski definition) is 4. The highest BCUT2D eigenvalue weighted by Crippen LogP contribution is 2.28. The van der Waals surface area contributed by atoms with Crippen LogP contribution in [0.5, 0.6) is 0 Å². The van der Waals surface area contributed by atoms with E-state index in [0.717, 1.165) is 27.8 Å². The van der Waals surface area contributed by atoms with Gasteiger partial charge in [-0.3, -0.25) is 9.89 Å². The van der Waals surface area contributed by atoms with Crippen LogP contribution in [0.1, 0.15) is 23.5 Å². The summed E-state index contributed by atoms with van der Waals surface area (Å²) >= 11 is 0. The van der Waals surface area contributed by atoms with Crippen LogP contribution in [0.15, 0.2) is 72.8 Å². The summed E-state index contributed by atoms with van der Waals surface area (Å²) in [5.41, 5.74) is 10.5. The molecule has 1 aromatic heterocycles. The van der Waals surface area contributed by atoms with Gasteiger partial charge in [-0.25, -0.2) is 0 Å². The summed E-state index contributed by atoms with van der Waals surface area (Å²) in [5, 5.41) is 14.7. The highest BCUT2D eigenvalue weighted by molar-refractivity contribution is 6.00. The number of carbonyl (C=O) groups is 1. The van der Waals surface area contributed by atoms with Gasteiger partial charge in [0.1, 0.15) is 0 Å². The van der Waals surface area contributed by atoms with Crippen LogP contribution in [0.2, 0.25) is 0 Å². The van der Waals surface area contributed by atoms with E-state index in [1.54, 1.807) is 0 Å². The zero-order valence-electron chi connectivity index (χ0n) is 16.9. The number of amides is 1. The first-order valence-electron chi connectivity index (χ1n) is 10.0. The van der Waals surface area contributed by atoms with Crippen molar-refractivity contribution in [1.82, 2.24) is 10.2 Å². The number of nitrogens with two attached hydrogens (primary N) is 1. The van der Waals surface area contributed by atoms with Gasteiger partial charge >= 0.3 is 0 Å². The summed E-state index contributed by atoms with van der Waals surface area (Å²) in [6, 6.07) is 23.6. The van der Waals surface area contributed by atoms with Crippen LogP contribution in [-0.4, -0.2) is 22.6 Å². The molecule has 30 heavy (non-hydrogen) atoms. The van der Waals surface area contributed by atoms with Gasteiger partial charge < -0.3 is 16.4 Å². The van der Waals surface area contributed by atoms with Gasteiger partial charge in [-0.2, -0.15) is 5.10 Å². The molecule has 0 aliphatic carbocycles. The lowest BCUT2D eigenvalue weighted by Crippen LogP contribution is -2.23. The van der Waals surface area contributed by atoms with Crippen LogP contribution in [0.4, 0.5) is 17.2 Å². The van der Waals surface area contributed by atoms with Gasteiger partial charge in [-0.15, -0.1) is 0 Å². The van der Waals surface area contributed by atoms with Gasteiger partial charge in [-0.1, -0.05) is 42.5 Å². The van der Waals surface area contributed by atoms with E-state index < -0.39 is 0 Å². The second-order valence-corrected chi connectivity index (χ2v) is 7.36. The van der Waals surface area contributed by atoms with Crippen molar-refractivity contribution < 1.29 is 4.79 Å². The molecular weight excluding hydrogens is 374 g/mol. The third-order valence-electron chi connectivity index (χ3n) is 5.08. The lowest BCUT2D eigenvalue weighted by atomic mass is 9.94. The molecule has 0 saturated heterocycles. The number of aryl methyl sites for hydroxylation is 1. The Hall–Kier alpha value is -3.64. The second-order valence-electron chi connectivity index (χ2n) is 7.36. The van der Waals surface area contributed by atoms with E-state index in [1.165, 1.54) is 5.56 Å². The first kappa shape index (κ1) is 19.7. The van der Waals surface area contributed by atoms with Crippen LogP contribution in [0.3, 0.4) is 0 Å². The Bertz CT molecular complexity index is 1150. The molecule has 0 radical (unpaired) electrons. The minimum absolute atomic E-state index is 0.0670. The number of aromatic nitrogens is 2. The summed E-state index contributed by atoms with van der Waals surface area (Å²) in [5.74, 6) is 0.358. The van der Waals surface area contributed by atoms with Crippen molar-refractivity contribution in [2.45, 2.75) is 19.3 Å². The summed E-state index contributed by atoms with van der Waals surface area (Å²) in [7, 11) is 0. The van der Waals surface area contributed by atoms with Gasteiger partial charge in [0, 0.05) is 16.8 Å². The van der Waals surface area contributed by atoms with Crippen LogP contribution >= 0.6 is 0 Å². The fourth-order valence-corrected chi connectivity index (χ4v) is 3.58. The third-order valence-corrected chi connectivity index (χ3v) is 5.08. The number of nitrogens with zero attached hydrogens (tertiary/aromatic N) is 1. The molecule has 1 unspecified atom stereocenters. The molecule has 6 heteroatoms. The Kier molecular flexibility index (Phi) is 5.77. The van der Waals surface area contributed by atoms with Crippen molar-refractivity contribution in [3.05, 3.63) is 83.9 Å². The SMILES string of the molecule is Cc1cccc(Nc2n[nH]c3ccc(NC(=O)C(CCN)c4ccccc4)cc23)c1. The molecule has 5 N–H and O–H groups in total. The van der Waals surface area contributed by atoms with E-state index in [1.807, 2.05) is 73.7 Å². The van der Waals surface area contributed by atoms with E-state index >= 15 is 0 Å². The summed E-state index contributed by atoms with van der Waals surface area (Å²) < 4.78 is 0. The third kappa shape index (κ3) is 4.34. The fourth-order valence-electron chi connectivity index (χ4n) is 3.58. The van der Waals surface area contributed by atoms with E-state index in [-0.39, 0.29) is 11.8 Å². The lowest BCUT2D eigenvalue weighted by Gasteiger charge is -2.16. The molecule has 0 bridgehead atoms. The van der Waals surface area contributed by atoms with Crippen molar-refractivity contribution in [2.75, 3.05) is 17.2 Å². The number of carbonyl (C=O) groups excluding carboxylic acids is 1. The molecule has 0 fully saturated rings. The first-order valence-corrected chi connectivity index (χ1v) is 10.0. The van der Waals surface area contributed by atoms with Crippen LogP contribution in [-0.2, 0) is 4.79 Å². The number of nitrogens with one attached hydrogen (secondary N) is 3. The minimum atomic E-state index is -0.291. The summed E-state index contributed by atoms with van der Waals surface area (Å²) in [4.78, 5) is 13.0. The lowest BCUT2D eigenvalue weighted by molar-refractivity contribution is -0.117. The Balaban J connectivity index is 1.57. The van der Waals surface area contributed by atoms with Crippen LogP contribution in [0, 0.1) is 6.92 Å². The zero-order chi connectivity index (χ0) is 20.9. The molecule has 3 aromatic carbocycles. The molecule has 1 atom stereocenters. The van der Waals surface area contributed by atoms with Crippen LogP contribution in [0.25, 0.3) is 10.9 Å². The Morgan fingerprint density at radius 3 is 2.63 bits per heavy atom. The van der Waals surface area contributed by atoms with Crippen LogP contribution < -0.4 is 16.4 Å². The van der Waals surface area contributed by atoms with Gasteiger partial charge in [0.15, 0.2) is 5.82 Å². The number of rotatable bonds is 7. The van der Waals surface area contributed by atoms with E-state index in [9.17, 15) is 4.79 Å². The van der Waals surface area contributed by atoms with Gasteiger partial charge in [0.05, 0.1) is 11.4 Å². The quantitative estimate of drug-likeness (QED) is 0.363. The molecule has 0 aliphatic rings. The highest BCUT2D eigenvalue weighted by atomic mass is 16.1. The molecule has 0 saturated carbocycles. The maximum Gasteiger partial charge on any atom is 0.231 e. The second kappa shape index (κ2) is 8.80. The highest BCUT2D eigenvalue weighted by Gasteiger charge is 2.20. The van der Waals surface area contributed by atoms with E-state index in [4.69, 9.17) is 5.73 Å². The summed E-state index contributed by atoms with van der Waals surface area (Å²) in [6.07, 6.45) is 0.587. The molecule has 152 valence electrons.